The van der Waals surface area contributed by atoms with E-state index in [1.54, 1.807) is 0 Å². The highest BCUT2D eigenvalue weighted by Crippen LogP contribution is 2.42. The highest BCUT2D eigenvalue weighted by molar-refractivity contribution is 6.87. The molecule has 0 nitrogen and oxygen atoms in total. The molecule has 0 saturated carbocycles. The fourth-order valence-electron chi connectivity index (χ4n) is 3.82. The van der Waals surface area contributed by atoms with Crippen LogP contribution in [-0.2, 0) is 6.42 Å². The molecule has 0 aliphatic carbocycles. The third-order valence-electron chi connectivity index (χ3n) is 4.84. The summed E-state index contributed by atoms with van der Waals surface area (Å²) < 4.78 is 0. The van der Waals surface area contributed by atoms with Gasteiger partial charge in [-0.05, 0) is 35.5 Å². The van der Waals surface area contributed by atoms with E-state index in [1.807, 2.05) is 0 Å². The molecule has 0 aliphatic heterocycles. The average Bonchev–Trinajstić information content (AvgIpc) is 2.33. The number of allylic oxidation sites excluding steroid dienone is 1. The Morgan fingerprint density at radius 3 is 1.95 bits per heavy atom. The second-order valence-corrected chi connectivity index (χ2v) is 12.9. The molecule has 0 radical (unpaired) electrons. The Labute approximate surface area is 127 Å². The smallest absolute Gasteiger partial charge is 0.0849 e. The average molecular weight is 289 g/mol. The minimum absolute atomic E-state index is 0.802. The van der Waals surface area contributed by atoms with E-state index in [-0.39, 0.29) is 0 Å². The van der Waals surface area contributed by atoms with Gasteiger partial charge >= 0.3 is 0 Å². The predicted molar refractivity (Wildman–Crippen MR) is 95.1 cm³/mol. The van der Waals surface area contributed by atoms with Crippen LogP contribution in [0.25, 0.3) is 0 Å². The number of hydrogen-bond donors (Lipinski definition) is 0. The zero-order chi connectivity index (χ0) is 15.3. The maximum atomic E-state index is 2.63. The second-order valence-electron chi connectivity index (χ2n) is 7.06. The van der Waals surface area contributed by atoms with Gasteiger partial charge in [-0.25, -0.2) is 0 Å². The molecule has 0 unspecified atom stereocenters. The first kappa shape index (κ1) is 17.2. The molecule has 0 saturated heterocycles. The predicted octanol–water partition coefficient (Wildman–Crippen LogP) is 6.31. The summed E-state index contributed by atoms with van der Waals surface area (Å²) in [4.78, 5) is 0. The van der Waals surface area contributed by atoms with Crippen molar-refractivity contribution >= 4 is 8.07 Å². The zero-order valence-corrected chi connectivity index (χ0v) is 15.4. The van der Waals surface area contributed by atoms with Crippen molar-refractivity contribution in [2.24, 2.45) is 0 Å². The van der Waals surface area contributed by atoms with Crippen molar-refractivity contribution in [3.8, 4) is 0 Å². The van der Waals surface area contributed by atoms with Gasteiger partial charge in [-0.15, -0.1) is 0 Å². The standard InChI is InChI=1S/C19H32Si/c1-15(2)20(16(3)4,17(5)6)13-9-12-19-11-8-10-18(7)14-19/h8-11,13-17H,12H2,1-7H3/b13-9+. The maximum Gasteiger partial charge on any atom is 0.0849 e. The van der Waals surface area contributed by atoms with Gasteiger partial charge in [0.15, 0.2) is 0 Å². The molecule has 112 valence electrons. The van der Waals surface area contributed by atoms with Gasteiger partial charge in [0.05, 0.1) is 8.07 Å². The van der Waals surface area contributed by atoms with Crippen LogP contribution in [0.4, 0.5) is 0 Å². The van der Waals surface area contributed by atoms with Crippen molar-refractivity contribution in [2.45, 2.75) is 71.5 Å². The lowest BCUT2D eigenvalue weighted by Gasteiger charge is -2.40. The Balaban J connectivity index is 2.93. The molecule has 1 aromatic carbocycles. The third kappa shape index (κ3) is 3.85. The molecule has 0 amide bonds. The number of aryl methyl sites for hydroxylation is 1. The van der Waals surface area contributed by atoms with Gasteiger partial charge in [-0.3, -0.25) is 0 Å². The van der Waals surface area contributed by atoms with Crippen molar-refractivity contribution < 1.29 is 0 Å². The van der Waals surface area contributed by atoms with E-state index in [0.717, 1.165) is 23.0 Å². The summed E-state index contributed by atoms with van der Waals surface area (Å²) in [6.45, 7) is 16.7. The Bertz CT molecular complexity index is 419. The Hall–Kier alpha value is -0.823. The topological polar surface area (TPSA) is 0 Å². The highest BCUT2D eigenvalue weighted by Gasteiger charge is 2.39. The van der Waals surface area contributed by atoms with Crippen LogP contribution in [0.3, 0.4) is 0 Å². The summed E-state index contributed by atoms with van der Waals surface area (Å²) in [5.41, 5.74) is 7.83. The van der Waals surface area contributed by atoms with Crippen molar-refractivity contribution in [3.63, 3.8) is 0 Å². The second kappa shape index (κ2) is 7.26. The maximum absolute atomic E-state index is 2.63. The van der Waals surface area contributed by atoms with Gasteiger partial charge in [-0.2, -0.15) is 0 Å². The van der Waals surface area contributed by atoms with Crippen molar-refractivity contribution in [3.05, 3.63) is 47.2 Å². The van der Waals surface area contributed by atoms with Gasteiger partial charge in [0, 0.05) is 0 Å². The van der Waals surface area contributed by atoms with Gasteiger partial charge in [0.25, 0.3) is 0 Å². The minimum atomic E-state index is -1.38. The summed E-state index contributed by atoms with van der Waals surface area (Å²) in [6, 6.07) is 8.87. The third-order valence-corrected chi connectivity index (χ3v) is 11.7. The molecular weight excluding hydrogens is 256 g/mol. The van der Waals surface area contributed by atoms with E-state index >= 15 is 0 Å². The van der Waals surface area contributed by atoms with E-state index in [0.29, 0.717) is 0 Å². The van der Waals surface area contributed by atoms with Crippen molar-refractivity contribution in [1.29, 1.82) is 0 Å². The molecular formula is C19H32Si. The number of rotatable bonds is 6. The van der Waals surface area contributed by atoms with Crippen LogP contribution < -0.4 is 0 Å². The van der Waals surface area contributed by atoms with Crippen LogP contribution in [0.5, 0.6) is 0 Å². The molecule has 0 bridgehead atoms. The highest BCUT2D eigenvalue weighted by atomic mass is 28.3. The van der Waals surface area contributed by atoms with Crippen LogP contribution >= 0.6 is 0 Å². The van der Waals surface area contributed by atoms with Gasteiger partial charge in [-0.1, -0.05) is 83.1 Å². The van der Waals surface area contributed by atoms with Crippen LogP contribution in [0.1, 0.15) is 52.7 Å². The summed E-state index contributed by atoms with van der Waals surface area (Å²) in [5.74, 6) is 0. The van der Waals surface area contributed by atoms with Crippen LogP contribution in [0.15, 0.2) is 36.0 Å². The van der Waals surface area contributed by atoms with E-state index in [4.69, 9.17) is 0 Å². The summed E-state index contributed by atoms with van der Waals surface area (Å²) in [7, 11) is -1.38. The molecule has 1 heteroatoms. The number of benzene rings is 1. The molecule has 0 heterocycles. The quantitative estimate of drug-likeness (QED) is 0.538. The fraction of sp³-hybridized carbons (Fsp3) is 0.579. The van der Waals surface area contributed by atoms with Crippen LogP contribution in [-0.4, -0.2) is 8.07 Å². The van der Waals surface area contributed by atoms with Gasteiger partial charge in [0.2, 0.25) is 0 Å². The first-order valence-corrected chi connectivity index (χ1v) is 10.3. The van der Waals surface area contributed by atoms with Crippen LogP contribution in [0.2, 0.25) is 16.6 Å². The Kier molecular flexibility index (Phi) is 6.26. The number of hydrogen-bond acceptors (Lipinski definition) is 0. The van der Waals surface area contributed by atoms with Crippen molar-refractivity contribution in [1.82, 2.24) is 0 Å². The zero-order valence-electron chi connectivity index (χ0n) is 14.4. The van der Waals surface area contributed by atoms with Gasteiger partial charge in [0.1, 0.15) is 0 Å². The van der Waals surface area contributed by atoms with E-state index in [1.165, 1.54) is 11.1 Å². The minimum Gasteiger partial charge on any atom is -0.0971 e. The fourth-order valence-corrected chi connectivity index (χ4v) is 9.50. The van der Waals surface area contributed by atoms with E-state index in [2.05, 4.69) is 84.5 Å². The first-order valence-electron chi connectivity index (χ1n) is 8.04. The molecule has 0 spiro atoms. The molecule has 1 rings (SSSR count). The SMILES string of the molecule is Cc1cccc(C/C=C/[Si](C(C)C)(C(C)C)C(C)C)c1. The summed E-state index contributed by atoms with van der Waals surface area (Å²) in [5, 5.41) is 0. The lowest BCUT2D eigenvalue weighted by Crippen LogP contribution is -2.42. The molecule has 0 N–H and O–H groups in total. The van der Waals surface area contributed by atoms with Crippen LogP contribution in [0, 0.1) is 6.92 Å². The van der Waals surface area contributed by atoms with E-state index in [9.17, 15) is 0 Å². The Morgan fingerprint density at radius 2 is 1.50 bits per heavy atom. The van der Waals surface area contributed by atoms with Gasteiger partial charge < -0.3 is 0 Å². The molecule has 1 aromatic rings. The molecule has 0 aliphatic rings. The summed E-state index contributed by atoms with van der Waals surface area (Å²) >= 11 is 0. The lowest BCUT2D eigenvalue weighted by atomic mass is 10.1. The molecule has 0 fully saturated rings. The largest absolute Gasteiger partial charge is 0.0971 e. The molecule has 0 atom stereocenters. The lowest BCUT2D eigenvalue weighted by molar-refractivity contribution is 0.832. The first-order chi connectivity index (χ1) is 9.30. The summed E-state index contributed by atoms with van der Waals surface area (Å²) in [6.07, 6.45) is 3.52. The van der Waals surface area contributed by atoms with E-state index < -0.39 is 8.07 Å². The molecule has 20 heavy (non-hydrogen) atoms. The monoisotopic (exact) mass is 288 g/mol. The Morgan fingerprint density at radius 1 is 0.950 bits per heavy atom. The normalized spacial score (nSPS) is 13.1. The molecule has 0 aromatic heterocycles. The van der Waals surface area contributed by atoms with Crippen molar-refractivity contribution in [2.75, 3.05) is 0 Å².